The first-order valence-electron chi connectivity index (χ1n) is 15.3. The van der Waals surface area contributed by atoms with E-state index in [0.717, 1.165) is 38.3 Å². The molecule has 1 aliphatic heterocycles. The summed E-state index contributed by atoms with van der Waals surface area (Å²) in [6, 6.07) is 9.82. The van der Waals surface area contributed by atoms with Crippen molar-refractivity contribution in [1.82, 2.24) is 19.1 Å². The Morgan fingerprint density at radius 3 is 1.76 bits per heavy atom. The third-order valence-electron chi connectivity index (χ3n) is 5.87. The highest BCUT2D eigenvalue weighted by atomic mass is 35.5. The minimum atomic E-state index is -1.02. The summed E-state index contributed by atoms with van der Waals surface area (Å²) >= 11 is 5.32. The molecule has 0 aliphatic carbocycles. The molecule has 0 atom stereocenters. The lowest BCUT2D eigenvalue weighted by Crippen LogP contribution is -2.22. The molecule has 3 rings (SSSR count). The minimum absolute atomic E-state index is 0.338. The monoisotopic (exact) mass is 704 g/mol. The van der Waals surface area contributed by atoms with Crippen molar-refractivity contribution < 1.29 is 14.2 Å². The molecule has 0 spiro atoms. The normalized spacial score (nSPS) is 12.2. The SMILES string of the molecule is C[Si](C)(C)CCOCCl.C[Si](C)(C)CCOCn1cnc(C#N)c1.C[Si](C)(C)CCOCn1cncc1C#N.N#CC1=CCC=N1. The van der Waals surface area contributed by atoms with E-state index in [-0.39, 0.29) is 0 Å². The largest absolute Gasteiger partial charge is 0.366 e. The van der Waals surface area contributed by atoms with Crippen molar-refractivity contribution in [3.05, 3.63) is 48.2 Å². The summed E-state index contributed by atoms with van der Waals surface area (Å²) in [5.74, 6) is 0. The van der Waals surface area contributed by atoms with Crippen LogP contribution in [0.15, 0.2) is 41.8 Å². The number of hydrogen-bond donors (Lipinski definition) is 0. The molecule has 1 aliphatic rings. The first kappa shape index (κ1) is 43.1. The van der Waals surface area contributed by atoms with Crippen molar-refractivity contribution in [2.45, 2.75) is 96.9 Å². The molecule has 0 unspecified atom stereocenters. The first-order valence-corrected chi connectivity index (χ1v) is 26.9. The van der Waals surface area contributed by atoms with E-state index in [1.54, 1.807) is 46.5 Å². The zero-order chi connectivity index (χ0) is 35.1. The van der Waals surface area contributed by atoms with Crippen molar-refractivity contribution in [2.75, 3.05) is 25.9 Å². The Labute approximate surface area is 284 Å². The second kappa shape index (κ2) is 23.4. The number of imidazole rings is 2. The van der Waals surface area contributed by atoms with Crippen LogP contribution in [0.5, 0.6) is 0 Å². The average Bonchev–Trinajstić information content (AvgIpc) is 3.75. The summed E-state index contributed by atoms with van der Waals surface area (Å²) in [6.45, 7) is 24.2. The van der Waals surface area contributed by atoms with Crippen molar-refractivity contribution in [3.8, 4) is 18.2 Å². The Balaban J connectivity index is 0.000000614. The van der Waals surface area contributed by atoms with E-state index in [1.807, 2.05) is 12.1 Å². The van der Waals surface area contributed by atoms with Crippen LogP contribution in [0, 0.1) is 34.0 Å². The zero-order valence-corrected chi connectivity index (χ0v) is 33.0. The molecule has 0 bridgehead atoms. The van der Waals surface area contributed by atoms with Gasteiger partial charge in [-0.3, -0.25) is 4.57 Å². The van der Waals surface area contributed by atoms with Gasteiger partial charge in [-0.25, -0.2) is 15.0 Å². The predicted octanol–water partition coefficient (Wildman–Crippen LogP) is 7.54. The van der Waals surface area contributed by atoms with E-state index in [0.29, 0.717) is 36.6 Å². The third-order valence-corrected chi connectivity index (χ3v) is 11.1. The highest BCUT2D eigenvalue weighted by Crippen LogP contribution is 2.09. The number of rotatable bonds is 14. The molecule has 0 aromatic carbocycles. The average molecular weight is 706 g/mol. The second-order valence-electron chi connectivity index (χ2n) is 14.0. The topological polar surface area (TPSA) is 147 Å². The molecule has 46 heavy (non-hydrogen) atoms. The number of halogens is 1. The van der Waals surface area contributed by atoms with Gasteiger partial charge < -0.3 is 18.8 Å². The van der Waals surface area contributed by atoms with Gasteiger partial charge >= 0.3 is 0 Å². The van der Waals surface area contributed by atoms with Crippen LogP contribution in [0.4, 0.5) is 0 Å². The quantitative estimate of drug-likeness (QED) is 0.111. The lowest BCUT2D eigenvalue weighted by Gasteiger charge is -2.15. The number of nitrogens with zero attached hydrogens (tertiary/aromatic N) is 8. The van der Waals surface area contributed by atoms with Gasteiger partial charge in [-0.2, -0.15) is 15.8 Å². The Morgan fingerprint density at radius 1 is 0.783 bits per heavy atom. The number of aliphatic imine (C=N–C) groups is 1. The number of hydrogen-bond acceptors (Lipinski definition) is 9. The van der Waals surface area contributed by atoms with E-state index in [4.69, 9.17) is 41.6 Å². The number of alkyl halides is 1. The Bertz CT molecular complexity index is 1300. The van der Waals surface area contributed by atoms with Crippen LogP contribution in [0.1, 0.15) is 17.8 Å². The van der Waals surface area contributed by atoms with Crippen molar-refractivity contribution in [2.24, 2.45) is 4.99 Å². The molecular weight excluding hydrogens is 652 g/mol. The molecule has 254 valence electrons. The summed E-state index contributed by atoms with van der Waals surface area (Å²) in [4.78, 5) is 11.5. The van der Waals surface area contributed by atoms with Crippen molar-refractivity contribution in [3.63, 3.8) is 0 Å². The number of allylic oxidation sites excluding steroid dienone is 2. The van der Waals surface area contributed by atoms with Gasteiger partial charge in [0.15, 0.2) is 5.69 Å². The Hall–Kier alpha value is -2.88. The fraction of sp³-hybridized carbons (Fsp3) is 0.613. The van der Waals surface area contributed by atoms with E-state index in [1.165, 1.54) is 6.04 Å². The highest BCUT2D eigenvalue weighted by Gasteiger charge is 2.13. The van der Waals surface area contributed by atoms with Crippen LogP contribution in [0.25, 0.3) is 0 Å². The molecular formula is C31H53ClN8O3Si3. The van der Waals surface area contributed by atoms with Crippen LogP contribution in [0.3, 0.4) is 0 Å². The summed E-state index contributed by atoms with van der Waals surface area (Å²) in [7, 11) is -2.89. The van der Waals surface area contributed by atoms with Gasteiger partial charge in [0.2, 0.25) is 0 Å². The number of aromatic nitrogens is 4. The van der Waals surface area contributed by atoms with Crippen LogP contribution < -0.4 is 0 Å². The molecule has 11 nitrogen and oxygen atoms in total. The van der Waals surface area contributed by atoms with Crippen LogP contribution >= 0.6 is 11.6 Å². The van der Waals surface area contributed by atoms with Gasteiger partial charge in [0.1, 0.15) is 49.1 Å². The van der Waals surface area contributed by atoms with Gasteiger partial charge in [-0.1, -0.05) is 70.5 Å². The van der Waals surface area contributed by atoms with E-state index in [9.17, 15) is 0 Å². The number of ether oxygens (including phenoxy) is 3. The molecule has 0 N–H and O–H groups in total. The van der Waals surface area contributed by atoms with Crippen molar-refractivity contribution >= 4 is 42.0 Å². The van der Waals surface area contributed by atoms with Gasteiger partial charge in [0.05, 0.1) is 18.9 Å². The van der Waals surface area contributed by atoms with Gasteiger partial charge in [0.25, 0.3) is 0 Å². The Morgan fingerprint density at radius 2 is 1.35 bits per heavy atom. The fourth-order valence-electron chi connectivity index (χ4n) is 2.97. The van der Waals surface area contributed by atoms with Gasteiger partial charge in [-0.15, -0.1) is 0 Å². The first-order chi connectivity index (χ1) is 21.5. The van der Waals surface area contributed by atoms with E-state index in [2.05, 4.69) is 80.0 Å². The molecule has 0 saturated carbocycles. The molecule has 0 fully saturated rings. The van der Waals surface area contributed by atoms with Gasteiger partial charge in [-0.05, 0) is 24.2 Å². The summed E-state index contributed by atoms with van der Waals surface area (Å²) < 4.78 is 19.5. The second-order valence-corrected chi connectivity index (χ2v) is 31.1. The van der Waals surface area contributed by atoms with Gasteiger partial charge in [0, 0.05) is 62.9 Å². The zero-order valence-electron chi connectivity index (χ0n) is 29.2. The van der Waals surface area contributed by atoms with Crippen LogP contribution in [-0.2, 0) is 27.7 Å². The lowest BCUT2D eigenvalue weighted by atomic mass is 10.4. The minimum Gasteiger partial charge on any atom is -0.366 e. The maximum Gasteiger partial charge on any atom is 0.158 e. The van der Waals surface area contributed by atoms with Crippen LogP contribution in [-0.4, -0.2) is 75.4 Å². The predicted molar refractivity (Wildman–Crippen MR) is 194 cm³/mol. The molecule has 0 saturated heterocycles. The Kier molecular flexibility index (Phi) is 22.0. The summed E-state index contributed by atoms with van der Waals surface area (Å²) in [5.41, 5.74) is 1.52. The molecule has 3 heterocycles. The highest BCUT2D eigenvalue weighted by molar-refractivity contribution is 6.76. The maximum atomic E-state index is 8.73. The molecule has 2 aromatic heterocycles. The van der Waals surface area contributed by atoms with Crippen LogP contribution in [0.2, 0.25) is 77.1 Å². The summed E-state index contributed by atoms with van der Waals surface area (Å²) in [5, 5.41) is 25.4. The summed E-state index contributed by atoms with van der Waals surface area (Å²) in [6.07, 6.45) is 10.8. The number of nitriles is 3. The smallest absolute Gasteiger partial charge is 0.158 e. The standard InChI is InChI=1S/2C10H17N3OSi.C6H15ClOSi.C5H4N2/c1-15(2,3)5-4-14-9-13-7-10(6-11)12-8-13;1-15(2,3)5-4-14-9-13-8-12-7-10(13)6-11;1-9(2,3)5-4-8-6-7;6-4-5-2-1-3-7-5/h2*7-8H,4-5,9H2,1-3H3;4-6H2,1-3H3;2-3H,1H2. The molecule has 2 aromatic rings. The third kappa shape index (κ3) is 25.3. The molecule has 15 heteroatoms. The maximum absolute atomic E-state index is 8.73. The van der Waals surface area contributed by atoms with Crippen molar-refractivity contribution in [1.29, 1.82) is 15.8 Å². The lowest BCUT2D eigenvalue weighted by molar-refractivity contribution is 0.0866. The van der Waals surface area contributed by atoms with E-state index < -0.39 is 24.2 Å². The molecule has 0 amide bonds. The fourth-order valence-corrected chi connectivity index (χ4v) is 5.35. The van der Waals surface area contributed by atoms with E-state index >= 15 is 0 Å². The molecule has 0 radical (unpaired) electrons.